The third-order valence-corrected chi connectivity index (χ3v) is 10.0. The zero-order valence-electron chi connectivity index (χ0n) is 26.5. The molecule has 0 aliphatic heterocycles. The van der Waals surface area contributed by atoms with Crippen molar-refractivity contribution in [1.29, 1.82) is 0 Å². The topological polar surface area (TPSA) is 96.0 Å². The Balaban J connectivity index is 1.81. The van der Waals surface area contributed by atoms with Crippen LogP contribution in [0.4, 0.5) is 5.69 Å². The van der Waals surface area contributed by atoms with E-state index in [1.807, 2.05) is 75.4 Å². The van der Waals surface area contributed by atoms with Crippen LogP contribution in [-0.2, 0) is 32.6 Å². The van der Waals surface area contributed by atoms with Gasteiger partial charge in [-0.25, -0.2) is 8.42 Å². The van der Waals surface area contributed by atoms with Crippen LogP contribution in [0.3, 0.4) is 0 Å². The van der Waals surface area contributed by atoms with Gasteiger partial charge in [0.25, 0.3) is 10.0 Å². The van der Waals surface area contributed by atoms with Gasteiger partial charge in [0.05, 0.1) is 17.7 Å². The maximum atomic E-state index is 14.6. The number of hydrogen-bond acceptors (Lipinski definition) is 5. The van der Waals surface area contributed by atoms with Gasteiger partial charge in [0.15, 0.2) is 0 Å². The Hall–Kier alpha value is -4.15. The smallest absolute Gasteiger partial charge is 0.264 e. The molecule has 0 heterocycles. The highest BCUT2D eigenvalue weighted by Gasteiger charge is 2.35. The van der Waals surface area contributed by atoms with Crippen molar-refractivity contribution in [3.05, 3.63) is 124 Å². The zero-order valence-corrected chi connectivity index (χ0v) is 28.9. The lowest BCUT2D eigenvalue weighted by Crippen LogP contribution is -2.54. The maximum absolute atomic E-state index is 14.6. The fourth-order valence-electron chi connectivity index (χ4n) is 4.94. The summed E-state index contributed by atoms with van der Waals surface area (Å²) in [6.45, 7) is 5.32. The second kappa shape index (κ2) is 15.9. The van der Waals surface area contributed by atoms with Crippen LogP contribution in [-0.4, -0.2) is 50.9 Å². The zero-order chi connectivity index (χ0) is 33.3. The van der Waals surface area contributed by atoms with E-state index in [1.165, 1.54) is 24.1 Å². The van der Waals surface area contributed by atoms with Gasteiger partial charge >= 0.3 is 0 Å². The first-order valence-electron chi connectivity index (χ1n) is 15.1. The number of nitrogens with zero attached hydrogens (tertiary/aromatic N) is 2. The van der Waals surface area contributed by atoms with Crippen LogP contribution in [0, 0.1) is 6.92 Å². The summed E-state index contributed by atoms with van der Waals surface area (Å²) in [4.78, 5) is 30.0. The van der Waals surface area contributed by atoms with Crippen LogP contribution in [0.2, 0.25) is 0 Å². The van der Waals surface area contributed by atoms with E-state index in [-0.39, 0.29) is 29.8 Å². The largest absolute Gasteiger partial charge is 0.497 e. The van der Waals surface area contributed by atoms with Crippen molar-refractivity contribution >= 4 is 43.5 Å². The molecule has 8 nitrogen and oxygen atoms in total. The molecular formula is C36H40BrN3O5S. The van der Waals surface area contributed by atoms with Gasteiger partial charge in [0.2, 0.25) is 11.8 Å². The Morgan fingerprint density at radius 1 is 0.891 bits per heavy atom. The molecule has 242 valence electrons. The number of anilines is 1. The Bertz CT molecular complexity index is 1720. The first kappa shape index (κ1) is 34.7. The monoisotopic (exact) mass is 705 g/mol. The Kier molecular flexibility index (Phi) is 12.0. The van der Waals surface area contributed by atoms with E-state index in [2.05, 4.69) is 21.2 Å². The number of carbonyl (C=O) groups is 2. The lowest BCUT2D eigenvalue weighted by atomic mass is 10.0. The van der Waals surface area contributed by atoms with Crippen molar-refractivity contribution in [1.82, 2.24) is 10.2 Å². The molecule has 0 spiro atoms. The van der Waals surface area contributed by atoms with Crippen molar-refractivity contribution < 1.29 is 22.7 Å². The number of methoxy groups -OCH3 is 1. The van der Waals surface area contributed by atoms with Crippen LogP contribution in [0.15, 0.2) is 112 Å². The van der Waals surface area contributed by atoms with E-state index >= 15 is 0 Å². The van der Waals surface area contributed by atoms with E-state index in [0.717, 1.165) is 25.5 Å². The first-order valence-corrected chi connectivity index (χ1v) is 17.4. The minimum Gasteiger partial charge on any atom is -0.497 e. The highest BCUT2D eigenvalue weighted by atomic mass is 79.9. The minimum atomic E-state index is -4.19. The normalized spacial score (nSPS) is 12.5. The fraction of sp³-hybridized carbons (Fsp3) is 0.278. The van der Waals surface area contributed by atoms with Crippen LogP contribution >= 0.6 is 15.9 Å². The molecule has 2 amide bonds. The standard InChI is InChI=1S/C36H40BrN3O5S/c1-5-27(3)38-36(42)34(23-28-10-7-6-8-11-28)39(24-29-12-9-13-30(37)22-29)35(41)25-40(31-16-18-32(45-4)19-17-31)46(43,44)33-20-14-26(2)15-21-33/h6-22,27,34H,5,23-25H2,1-4H3,(H,38,42)/t27-,34-/m0/s1. The summed E-state index contributed by atoms with van der Waals surface area (Å²) in [6, 6.07) is 29.0. The number of rotatable bonds is 14. The Morgan fingerprint density at radius 2 is 1.54 bits per heavy atom. The van der Waals surface area contributed by atoms with Gasteiger partial charge in [-0.05, 0) is 79.9 Å². The molecule has 0 unspecified atom stereocenters. The maximum Gasteiger partial charge on any atom is 0.264 e. The quantitative estimate of drug-likeness (QED) is 0.161. The van der Waals surface area contributed by atoms with E-state index in [1.54, 1.807) is 36.4 Å². The van der Waals surface area contributed by atoms with Gasteiger partial charge in [0, 0.05) is 23.5 Å². The third-order valence-electron chi connectivity index (χ3n) is 7.76. The van der Waals surface area contributed by atoms with Crippen molar-refractivity contribution in [2.24, 2.45) is 0 Å². The molecule has 0 saturated carbocycles. The summed E-state index contributed by atoms with van der Waals surface area (Å²) in [7, 11) is -2.67. The first-order chi connectivity index (χ1) is 22.0. The van der Waals surface area contributed by atoms with Crippen LogP contribution in [0.5, 0.6) is 5.75 Å². The fourth-order valence-corrected chi connectivity index (χ4v) is 6.80. The van der Waals surface area contributed by atoms with E-state index in [9.17, 15) is 18.0 Å². The molecule has 4 aromatic rings. The molecule has 4 rings (SSSR count). The molecule has 0 aliphatic carbocycles. The van der Waals surface area contributed by atoms with Crippen LogP contribution < -0.4 is 14.4 Å². The summed E-state index contributed by atoms with van der Waals surface area (Å²) in [6.07, 6.45) is 0.958. The second-order valence-corrected chi connectivity index (χ2v) is 14.0. The van der Waals surface area contributed by atoms with Crippen LogP contribution in [0.1, 0.15) is 37.0 Å². The average Bonchev–Trinajstić information content (AvgIpc) is 3.05. The molecule has 0 radical (unpaired) electrons. The summed E-state index contributed by atoms with van der Waals surface area (Å²) < 4.78 is 35.6. The molecule has 2 atom stereocenters. The second-order valence-electron chi connectivity index (χ2n) is 11.2. The number of halogens is 1. The predicted molar refractivity (Wildman–Crippen MR) is 185 cm³/mol. The number of ether oxygens (including phenoxy) is 1. The summed E-state index contributed by atoms with van der Waals surface area (Å²) in [5.41, 5.74) is 2.86. The van der Waals surface area contributed by atoms with E-state index < -0.39 is 28.5 Å². The third kappa shape index (κ3) is 8.98. The van der Waals surface area contributed by atoms with Gasteiger partial charge in [-0.1, -0.05) is 83.0 Å². The molecule has 0 aromatic heterocycles. The van der Waals surface area contributed by atoms with Crippen molar-refractivity contribution in [2.45, 2.75) is 57.1 Å². The average molecular weight is 707 g/mol. The summed E-state index contributed by atoms with van der Waals surface area (Å²) in [5, 5.41) is 3.05. The predicted octanol–water partition coefficient (Wildman–Crippen LogP) is 6.52. The SMILES string of the molecule is CC[C@H](C)NC(=O)[C@H](Cc1ccccc1)N(Cc1cccc(Br)c1)C(=O)CN(c1ccc(OC)cc1)S(=O)(=O)c1ccc(C)cc1. The number of aryl methyl sites for hydroxylation is 1. The number of amides is 2. The summed E-state index contributed by atoms with van der Waals surface area (Å²) in [5.74, 6) is -0.283. The van der Waals surface area contributed by atoms with E-state index in [4.69, 9.17) is 4.74 Å². The van der Waals surface area contributed by atoms with Crippen molar-refractivity contribution in [3.63, 3.8) is 0 Å². The Labute approximate surface area is 280 Å². The number of hydrogen-bond donors (Lipinski definition) is 1. The van der Waals surface area contributed by atoms with Gasteiger partial charge < -0.3 is 15.0 Å². The lowest BCUT2D eigenvalue weighted by molar-refractivity contribution is -0.140. The summed E-state index contributed by atoms with van der Waals surface area (Å²) >= 11 is 3.51. The molecule has 1 N–H and O–H groups in total. The number of benzene rings is 4. The molecule has 4 aromatic carbocycles. The van der Waals surface area contributed by atoms with Gasteiger partial charge in [0.1, 0.15) is 18.3 Å². The highest BCUT2D eigenvalue weighted by molar-refractivity contribution is 9.10. The van der Waals surface area contributed by atoms with Crippen LogP contribution in [0.25, 0.3) is 0 Å². The number of carbonyl (C=O) groups excluding carboxylic acids is 2. The molecule has 0 saturated heterocycles. The van der Waals surface area contributed by atoms with Gasteiger partial charge in [-0.3, -0.25) is 13.9 Å². The molecular weight excluding hydrogens is 666 g/mol. The van der Waals surface area contributed by atoms with Crippen molar-refractivity contribution in [2.75, 3.05) is 18.0 Å². The van der Waals surface area contributed by atoms with Gasteiger partial charge in [-0.2, -0.15) is 0 Å². The number of nitrogens with one attached hydrogen (secondary N) is 1. The highest BCUT2D eigenvalue weighted by Crippen LogP contribution is 2.27. The minimum absolute atomic E-state index is 0.0515. The molecule has 0 bridgehead atoms. The molecule has 10 heteroatoms. The lowest BCUT2D eigenvalue weighted by Gasteiger charge is -2.34. The van der Waals surface area contributed by atoms with E-state index in [0.29, 0.717) is 17.9 Å². The molecule has 0 fully saturated rings. The van der Waals surface area contributed by atoms with Crippen molar-refractivity contribution in [3.8, 4) is 5.75 Å². The number of sulfonamides is 1. The Morgan fingerprint density at radius 3 is 2.15 bits per heavy atom. The molecule has 0 aliphatic rings. The van der Waals surface area contributed by atoms with Gasteiger partial charge in [-0.15, -0.1) is 0 Å². The molecule has 46 heavy (non-hydrogen) atoms.